The molecule has 2 unspecified atom stereocenters. The Bertz CT molecular complexity index is 669. The van der Waals surface area contributed by atoms with Crippen molar-refractivity contribution in [3.8, 4) is 5.75 Å². The van der Waals surface area contributed by atoms with Gasteiger partial charge in [-0.05, 0) is 38.0 Å². The van der Waals surface area contributed by atoms with Crippen molar-refractivity contribution in [2.24, 2.45) is 0 Å². The average molecular weight is 315 g/mol. The van der Waals surface area contributed by atoms with E-state index in [1.165, 1.54) is 6.92 Å². The van der Waals surface area contributed by atoms with Crippen LogP contribution in [0.2, 0.25) is 0 Å². The number of carboxylic acids is 1. The first-order chi connectivity index (χ1) is 9.72. The number of aryl methyl sites for hydroxylation is 1. The summed E-state index contributed by atoms with van der Waals surface area (Å²) in [6.45, 7) is 3.74. The molecule has 116 valence electrons. The normalized spacial score (nSPS) is 22.4. The second kappa shape index (κ2) is 5.63. The van der Waals surface area contributed by atoms with Gasteiger partial charge in [-0.3, -0.25) is 0 Å². The van der Waals surface area contributed by atoms with Crippen LogP contribution in [0, 0.1) is 6.92 Å². The Labute approximate surface area is 122 Å². The van der Waals surface area contributed by atoms with Crippen LogP contribution in [0.15, 0.2) is 17.0 Å². The fourth-order valence-corrected chi connectivity index (χ4v) is 3.87. The molecule has 1 saturated heterocycles. The van der Waals surface area contributed by atoms with Crippen molar-refractivity contribution in [3.05, 3.63) is 23.3 Å². The first-order valence-electron chi connectivity index (χ1n) is 6.43. The molecule has 0 aliphatic carbocycles. The standard InChI is InChI=1S/C13H17NO6S/c1-7-5-11(15)9(13(16)17)6-12(7)21(18,19)14-10-3-4-20-8(10)2/h5-6,8,10,14-15H,3-4H2,1-2H3,(H,16,17). The molecule has 1 fully saturated rings. The monoisotopic (exact) mass is 315 g/mol. The minimum atomic E-state index is -3.88. The number of nitrogens with one attached hydrogen (secondary N) is 1. The first-order valence-corrected chi connectivity index (χ1v) is 7.91. The second-order valence-corrected chi connectivity index (χ2v) is 6.71. The summed E-state index contributed by atoms with van der Waals surface area (Å²) in [5.74, 6) is -1.85. The minimum Gasteiger partial charge on any atom is -0.507 e. The maximum Gasteiger partial charge on any atom is 0.339 e. The van der Waals surface area contributed by atoms with Crippen molar-refractivity contribution in [3.63, 3.8) is 0 Å². The van der Waals surface area contributed by atoms with Crippen LogP contribution in [0.3, 0.4) is 0 Å². The largest absolute Gasteiger partial charge is 0.507 e. The maximum absolute atomic E-state index is 12.4. The quantitative estimate of drug-likeness (QED) is 0.759. The van der Waals surface area contributed by atoms with Crippen LogP contribution in [0.25, 0.3) is 0 Å². The van der Waals surface area contributed by atoms with E-state index in [1.807, 2.05) is 0 Å². The summed E-state index contributed by atoms with van der Waals surface area (Å²) in [4.78, 5) is 10.9. The van der Waals surface area contributed by atoms with Gasteiger partial charge in [0.25, 0.3) is 0 Å². The summed E-state index contributed by atoms with van der Waals surface area (Å²) in [6, 6.07) is 1.75. The second-order valence-electron chi connectivity index (χ2n) is 5.03. The zero-order valence-electron chi connectivity index (χ0n) is 11.7. The van der Waals surface area contributed by atoms with Crippen molar-refractivity contribution in [1.82, 2.24) is 4.72 Å². The van der Waals surface area contributed by atoms with Crippen LogP contribution in [0.4, 0.5) is 0 Å². The summed E-state index contributed by atoms with van der Waals surface area (Å²) >= 11 is 0. The Kier molecular flexibility index (Phi) is 4.22. The lowest BCUT2D eigenvalue weighted by atomic mass is 10.1. The molecular weight excluding hydrogens is 298 g/mol. The molecule has 0 bridgehead atoms. The summed E-state index contributed by atoms with van der Waals surface area (Å²) in [7, 11) is -3.88. The van der Waals surface area contributed by atoms with Crippen LogP contribution in [0.5, 0.6) is 5.75 Å². The van der Waals surface area contributed by atoms with Gasteiger partial charge in [0, 0.05) is 6.61 Å². The van der Waals surface area contributed by atoms with Gasteiger partial charge in [0.2, 0.25) is 10.0 Å². The molecule has 8 heteroatoms. The van der Waals surface area contributed by atoms with E-state index in [9.17, 15) is 18.3 Å². The van der Waals surface area contributed by atoms with E-state index < -0.39 is 27.3 Å². The zero-order chi connectivity index (χ0) is 15.8. The third kappa shape index (κ3) is 3.17. The third-order valence-electron chi connectivity index (χ3n) is 3.50. The van der Waals surface area contributed by atoms with Gasteiger partial charge in [-0.25, -0.2) is 17.9 Å². The molecule has 0 spiro atoms. The number of aromatic carboxylic acids is 1. The Hall–Kier alpha value is -1.64. The molecule has 2 atom stereocenters. The number of benzene rings is 1. The summed E-state index contributed by atoms with van der Waals surface area (Å²) < 4.78 is 32.6. The maximum atomic E-state index is 12.4. The minimum absolute atomic E-state index is 0.156. The number of sulfonamides is 1. The smallest absolute Gasteiger partial charge is 0.339 e. The van der Waals surface area contributed by atoms with E-state index in [0.29, 0.717) is 13.0 Å². The molecule has 1 aliphatic heterocycles. The number of phenols is 1. The Morgan fingerprint density at radius 1 is 1.43 bits per heavy atom. The lowest BCUT2D eigenvalue weighted by Crippen LogP contribution is -2.39. The zero-order valence-corrected chi connectivity index (χ0v) is 12.5. The Balaban J connectivity index is 2.40. The number of hydrogen-bond acceptors (Lipinski definition) is 5. The molecule has 2 rings (SSSR count). The molecule has 1 aliphatic rings. The van der Waals surface area contributed by atoms with Crippen molar-refractivity contribution in [2.45, 2.75) is 37.3 Å². The highest BCUT2D eigenvalue weighted by Gasteiger charge is 2.30. The molecule has 1 aromatic carbocycles. The van der Waals surface area contributed by atoms with Gasteiger partial charge in [-0.2, -0.15) is 0 Å². The Morgan fingerprint density at radius 3 is 2.62 bits per heavy atom. The molecule has 0 radical (unpaired) electrons. The van der Waals surface area contributed by atoms with Gasteiger partial charge in [0.15, 0.2) is 0 Å². The van der Waals surface area contributed by atoms with Crippen LogP contribution in [0.1, 0.15) is 29.3 Å². The topological polar surface area (TPSA) is 113 Å². The third-order valence-corrected chi connectivity index (χ3v) is 5.13. The predicted molar refractivity (Wildman–Crippen MR) is 73.9 cm³/mol. The lowest BCUT2D eigenvalue weighted by molar-refractivity contribution is 0.0693. The van der Waals surface area contributed by atoms with Crippen molar-refractivity contribution in [2.75, 3.05) is 6.61 Å². The van der Waals surface area contributed by atoms with Gasteiger partial charge in [0.1, 0.15) is 11.3 Å². The molecule has 7 nitrogen and oxygen atoms in total. The number of carbonyl (C=O) groups is 1. The number of ether oxygens (including phenoxy) is 1. The highest BCUT2D eigenvalue weighted by molar-refractivity contribution is 7.89. The number of aromatic hydroxyl groups is 1. The Morgan fingerprint density at radius 2 is 2.10 bits per heavy atom. The van der Waals surface area contributed by atoms with E-state index in [-0.39, 0.29) is 22.6 Å². The summed E-state index contributed by atoms with van der Waals surface area (Å²) in [5.41, 5.74) is -0.173. The van der Waals surface area contributed by atoms with E-state index in [0.717, 1.165) is 12.1 Å². The molecular formula is C13H17NO6S. The van der Waals surface area contributed by atoms with Gasteiger partial charge in [-0.1, -0.05) is 0 Å². The van der Waals surface area contributed by atoms with Gasteiger partial charge in [0.05, 0.1) is 17.0 Å². The van der Waals surface area contributed by atoms with E-state index >= 15 is 0 Å². The predicted octanol–water partition coefficient (Wildman–Crippen LogP) is 0.855. The summed E-state index contributed by atoms with van der Waals surface area (Å²) in [5, 5.41) is 18.5. The average Bonchev–Trinajstić information content (AvgIpc) is 2.73. The fourth-order valence-electron chi connectivity index (χ4n) is 2.28. The lowest BCUT2D eigenvalue weighted by Gasteiger charge is -2.17. The highest BCUT2D eigenvalue weighted by atomic mass is 32.2. The molecule has 21 heavy (non-hydrogen) atoms. The van der Waals surface area contributed by atoms with Crippen LogP contribution >= 0.6 is 0 Å². The number of carboxylic acid groups (broad SMARTS) is 1. The number of rotatable bonds is 4. The van der Waals surface area contributed by atoms with Gasteiger partial charge >= 0.3 is 5.97 Å². The van der Waals surface area contributed by atoms with Gasteiger partial charge in [-0.15, -0.1) is 0 Å². The van der Waals surface area contributed by atoms with Crippen molar-refractivity contribution < 1.29 is 28.2 Å². The summed E-state index contributed by atoms with van der Waals surface area (Å²) in [6.07, 6.45) is 0.319. The van der Waals surface area contributed by atoms with Crippen LogP contribution in [-0.4, -0.2) is 43.4 Å². The SMILES string of the molecule is Cc1cc(O)c(C(=O)O)cc1S(=O)(=O)NC1CCOC1C. The van der Waals surface area contributed by atoms with Gasteiger partial charge < -0.3 is 14.9 Å². The number of hydrogen-bond donors (Lipinski definition) is 3. The van der Waals surface area contributed by atoms with E-state index in [4.69, 9.17) is 9.84 Å². The molecule has 0 saturated carbocycles. The van der Waals surface area contributed by atoms with Crippen LogP contribution < -0.4 is 4.72 Å². The molecule has 0 amide bonds. The molecule has 1 aromatic rings. The molecule has 0 aromatic heterocycles. The first kappa shape index (κ1) is 15.7. The van der Waals surface area contributed by atoms with Crippen LogP contribution in [-0.2, 0) is 14.8 Å². The molecule has 1 heterocycles. The van der Waals surface area contributed by atoms with Crippen molar-refractivity contribution in [1.29, 1.82) is 0 Å². The molecule has 3 N–H and O–H groups in total. The van der Waals surface area contributed by atoms with E-state index in [1.54, 1.807) is 6.92 Å². The highest BCUT2D eigenvalue weighted by Crippen LogP contribution is 2.26. The fraction of sp³-hybridized carbons (Fsp3) is 0.462. The van der Waals surface area contributed by atoms with Crippen molar-refractivity contribution >= 4 is 16.0 Å². The van der Waals surface area contributed by atoms with E-state index in [2.05, 4.69) is 4.72 Å².